The maximum Gasteiger partial charge on any atom is 0.335 e. The molecule has 6 nitrogen and oxygen atoms in total. The summed E-state index contributed by atoms with van der Waals surface area (Å²) >= 11 is 0. The number of aromatic carboxylic acids is 1. The van der Waals surface area contributed by atoms with Gasteiger partial charge in [-0.3, -0.25) is 0 Å². The van der Waals surface area contributed by atoms with Crippen molar-refractivity contribution in [3.63, 3.8) is 0 Å². The molecule has 1 aromatic heterocycles. The van der Waals surface area contributed by atoms with Crippen molar-refractivity contribution in [2.45, 2.75) is 13.0 Å². The van der Waals surface area contributed by atoms with Crippen LogP contribution in [0.5, 0.6) is 0 Å². The van der Waals surface area contributed by atoms with Crippen LogP contribution in [0.2, 0.25) is 0 Å². The van der Waals surface area contributed by atoms with E-state index in [-0.39, 0.29) is 17.0 Å². The van der Waals surface area contributed by atoms with Crippen molar-refractivity contribution < 1.29 is 19.4 Å². The average molecular weight is 290 g/mol. The minimum atomic E-state index is -0.938. The summed E-state index contributed by atoms with van der Waals surface area (Å²) in [4.78, 5) is 15.5. The first-order valence-electron chi connectivity index (χ1n) is 6.82. The molecular formula is C15H18N2O4. The number of hydrogen-bond donors (Lipinski definition) is 1. The third-order valence-corrected chi connectivity index (χ3v) is 4.14. The number of benzene rings is 1. The Bertz CT molecular complexity index is 681. The number of rotatable bonds is 4. The Kier molecular flexibility index (Phi) is 3.43. The first-order chi connectivity index (χ1) is 10.0. The molecule has 0 saturated carbocycles. The van der Waals surface area contributed by atoms with Crippen molar-refractivity contribution in [3.8, 4) is 0 Å². The second kappa shape index (κ2) is 5.13. The second-order valence-corrected chi connectivity index (χ2v) is 5.78. The van der Waals surface area contributed by atoms with Crippen LogP contribution in [0.1, 0.15) is 23.3 Å². The van der Waals surface area contributed by atoms with Crippen LogP contribution in [-0.4, -0.2) is 47.6 Å². The fourth-order valence-corrected chi connectivity index (χ4v) is 2.99. The molecule has 1 aliphatic rings. The summed E-state index contributed by atoms with van der Waals surface area (Å²) in [5.41, 5.74) is 1.71. The van der Waals surface area contributed by atoms with Crippen LogP contribution in [0.4, 0.5) is 0 Å². The van der Waals surface area contributed by atoms with E-state index in [0.29, 0.717) is 19.8 Å². The van der Waals surface area contributed by atoms with Crippen LogP contribution >= 0.6 is 0 Å². The summed E-state index contributed by atoms with van der Waals surface area (Å²) in [6, 6.07) is 5.04. The topological polar surface area (TPSA) is 73.6 Å². The van der Waals surface area contributed by atoms with Gasteiger partial charge in [0.2, 0.25) is 0 Å². The molecule has 0 spiro atoms. The van der Waals surface area contributed by atoms with Gasteiger partial charge in [-0.25, -0.2) is 9.78 Å². The van der Waals surface area contributed by atoms with Gasteiger partial charge in [0.1, 0.15) is 0 Å². The van der Waals surface area contributed by atoms with Gasteiger partial charge in [0, 0.05) is 12.5 Å². The fourth-order valence-electron chi connectivity index (χ4n) is 2.99. The molecule has 0 unspecified atom stereocenters. The Morgan fingerprint density at radius 1 is 1.62 bits per heavy atom. The van der Waals surface area contributed by atoms with E-state index in [0.717, 1.165) is 11.0 Å². The van der Waals surface area contributed by atoms with Crippen LogP contribution in [0.25, 0.3) is 11.0 Å². The van der Waals surface area contributed by atoms with Gasteiger partial charge in [-0.05, 0) is 18.2 Å². The monoisotopic (exact) mass is 290 g/mol. The number of aromatic nitrogens is 2. The maximum atomic E-state index is 11.2. The SMILES string of the molecule is COC[C@@]1(C)COC[C@@H]1n1cnc2ccc(C(=O)O)cc21. The third-order valence-electron chi connectivity index (χ3n) is 4.14. The molecule has 1 N–H and O–H groups in total. The first kappa shape index (κ1) is 14.0. The summed E-state index contributed by atoms with van der Waals surface area (Å²) < 4.78 is 13.0. The molecule has 1 aliphatic heterocycles. The molecule has 2 heterocycles. The van der Waals surface area contributed by atoms with E-state index in [1.807, 2.05) is 4.57 Å². The van der Waals surface area contributed by atoms with Crippen molar-refractivity contribution in [3.05, 3.63) is 30.1 Å². The van der Waals surface area contributed by atoms with Gasteiger partial charge in [-0.1, -0.05) is 6.92 Å². The summed E-state index contributed by atoms with van der Waals surface area (Å²) in [5, 5.41) is 9.15. The largest absolute Gasteiger partial charge is 0.478 e. The first-order valence-corrected chi connectivity index (χ1v) is 6.82. The van der Waals surface area contributed by atoms with Crippen LogP contribution in [0.3, 0.4) is 0 Å². The number of ether oxygens (including phenoxy) is 2. The highest BCUT2D eigenvalue weighted by Gasteiger charge is 2.41. The van der Waals surface area contributed by atoms with Crippen LogP contribution < -0.4 is 0 Å². The molecule has 0 bridgehead atoms. The molecule has 1 fully saturated rings. The summed E-state index contributed by atoms with van der Waals surface area (Å²) in [5.74, 6) is -0.938. The highest BCUT2D eigenvalue weighted by molar-refractivity contribution is 5.92. The summed E-state index contributed by atoms with van der Waals surface area (Å²) in [6.07, 6.45) is 1.75. The van der Waals surface area contributed by atoms with Gasteiger partial charge < -0.3 is 19.1 Å². The minimum Gasteiger partial charge on any atom is -0.478 e. The highest BCUT2D eigenvalue weighted by atomic mass is 16.5. The zero-order chi connectivity index (χ0) is 15.0. The lowest BCUT2D eigenvalue weighted by Crippen LogP contribution is -2.32. The molecule has 2 aromatic rings. The van der Waals surface area contributed by atoms with Gasteiger partial charge in [-0.2, -0.15) is 0 Å². The fraction of sp³-hybridized carbons (Fsp3) is 0.467. The number of fused-ring (bicyclic) bond motifs is 1. The Morgan fingerprint density at radius 3 is 3.14 bits per heavy atom. The molecule has 0 radical (unpaired) electrons. The minimum absolute atomic E-state index is 0.0755. The number of carboxylic acid groups (broad SMARTS) is 1. The normalized spacial score (nSPS) is 25.5. The quantitative estimate of drug-likeness (QED) is 0.931. The number of imidazole rings is 1. The Hall–Kier alpha value is -1.92. The second-order valence-electron chi connectivity index (χ2n) is 5.78. The smallest absolute Gasteiger partial charge is 0.335 e. The Balaban J connectivity index is 2.07. The van der Waals surface area contributed by atoms with Crippen molar-refractivity contribution in [2.75, 3.05) is 26.9 Å². The van der Waals surface area contributed by atoms with E-state index in [4.69, 9.17) is 14.6 Å². The van der Waals surface area contributed by atoms with Gasteiger partial charge in [0.15, 0.2) is 0 Å². The molecule has 6 heteroatoms. The van der Waals surface area contributed by atoms with Crippen molar-refractivity contribution in [1.82, 2.24) is 9.55 Å². The number of methoxy groups -OCH3 is 1. The number of carboxylic acids is 1. The average Bonchev–Trinajstić information content (AvgIpc) is 3.01. The van der Waals surface area contributed by atoms with Crippen LogP contribution in [-0.2, 0) is 9.47 Å². The lowest BCUT2D eigenvalue weighted by molar-refractivity contribution is 0.0617. The third kappa shape index (κ3) is 2.30. The Labute approximate surface area is 122 Å². The van der Waals surface area contributed by atoms with Crippen LogP contribution in [0, 0.1) is 5.41 Å². The molecule has 0 aliphatic carbocycles. The molecule has 0 amide bonds. The predicted molar refractivity (Wildman–Crippen MR) is 76.5 cm³/mol. The van der Waals surface area contributed by atoms with Gasteiger partial charge in [-0.15, -0.1) is 0 Å². The molecule has 3 rings (SSSR count). The number of nitrogens with zero attached hydrogens (tertiary/aromatic N) is 2. The summed E-state index contributed by atoms with van der Waals surface area (Å²) in [6.45, 7) is 3.88. The molecule has 112 valence electrons. The van der Waals surface area contributed by atoms with E-state index in [1.54, 1.807) is 31.6 Å². The predicted octanol–water partition coefficient (Wildman–Crippen LogP) is 1.96. The molecular weight excluding hydrogens is 272 g/mol. The Morgan fingerprint density at radius 2 is 2.43 bits per heavy atom. The van der Waals surface area contributed by atoms with Crippen molar-refractivity contribution in [2.24, 2.45) is 5.41 Å². The van der Waals surface area contributed by atoms with E-state index in [2.05, 4.69) is 11.9 Å². The molecule has 21 heavy (non-hydrogen) atoms. The number of hydrogen-bond acceptors (Lipinski definition) is 4. The van der Waals surface area contributed by atoms with E-state index in [1.165, 1.54) is 0 Å². The van der Waals surface area contributed by atoms with Gasteiger partial charge in [0.25, 0.3) is 0 Å². The van der Waals surface area contributed by atoms with Gasteiger partial charge in [0.05, 0.1) is 48.8 Å². The lowest BCUT2D eigenvalue weighted by Gasteiger charge is -2.29. The summed E-state index contributed by atoms with van der Waals surface area (Å²) in [7, 11) is 1.68. The van der Waals surface area contributed by atoms with E-state index < -0.39 is 5.97 Å². The van der Waals surface area contributed by atoms with Crippen LogP contribution in [0.15, 0.2) is 24.5 Å². The lowest BCUT2D eigenvalue weighted by atomic mass is 9.86. The zero-order valence-electron chi connectivity index (χ0n) is 12.1. The molecule has 1 saturated heterocycles. The molecule has 1 aromatic carbocycles. The maximum absolute atomic E-state index is 11.2. The van der Waals surface area contributed by atoms with Crippen molar-refractivity contribution in [1.29, 1.82) is 0 Å². The number of carbonyl (C=O) groups is 1. The highest BCUT2D eigenvalue weighted by Crippen LogP contribution is 2.39. The molecule has 2 atom stereocenters. The standard InChI is InChI=1S/C15H18N2O4/c1-15(7-20-2)8-21-6-13(15)17-9-16-11-4-3-10(14(18)19)5-12(11)17/h3-5,9,13H,6-8H2,1-2H3,(H,18,19)/t13-,15-/m0/s1. The zero-order valence-corrected chi connectivity index (χ0v) is 12.1. The van der Waals surface area contributed by atoms with E-state index in [9.17, 15) is 4.79 Å². The van der Waals surface area contributed by atoms with E-state index >= 15 is 0 Å². The van der Waals surface area contributed by atoms with Gasteiger partial charge >= 0.3 is 5.97 Å². The van der Waals surface area contributed by atoms with Crippen molar-refractivity contribution >= 4 is 17.0 Å².